The largest absolute Gasteiger partial charge is 0.397 e. The predicted molar refractivity (Wildman–Crippen MR) is 61.6 cm³/mol. The van der Waals surface area contributed by atoms with Crippen molar-refractivity contribution in [3.8, 4) is 0 Å². The van der Waals surface area contributed by atoms with Crippen LogP contribution >= 0.6 is 11.6 Å². The van der Waals surface area contributed by atoms with Gasteiger partial charge in [0, 0.05) is 6.54 Å². The molecule has 0 atom stereocenters. The molecule has 0 aliphatic heterocycles. The third kappa shape index (κ3) is 3.42. The molecule has 1 heterocycles. The number of nitrogens with two attached hydrogens (primary N) is 1. The molecule has 0 bridgehead atoms. The van der Waals surface area contributed by atoms with Gasteiger partial charge in [0.05, 0.1) is 16.9 Å². The quantitative estimate of drug-likeness (QED) is 0.809. The van der Waals surface area contributed by atoms with Gasteiger partial charge in [-0.15, -0.1) is 0 Å². The standard InChI is InChI=1S/C10H16ClN3/c1-7(2)3-4-13-10-9(11)5-8(12)6-14-10/h5-7H,3-4,12H2,1-2H3,(H,13,14). The second-order valence-electron chi connectivity index (χ2n) is 3.71. The smallest absolute Gasteiger partial charge is 0.144 e. The number of pyridine rings is 1. The summed E-state index contributed by atoms with van der Waals surface area (Å²) in [5.74, 6) is 1.39. The first kappa shape index (κ1) is 11.1. The average molecular weight is 214 g/mol. The van der Waals surface area contributed by atoms with Gasteiger partial charge in [-0.1, -0.05) is 25.4 Å². The molecule has 0 aliphatic carbocycles. The molecule has 0 aromatic carbocycles. The molecule has 3 nitrogen and oxygen atoms in total. The molecule has 1 aromatic rings. The minimum absolute atomic E-state index is 0.578. The molecular formula is C10H16ClN3. The second kappa shape index (κ2) is 5.05. The number of anilines is 2. The number of hydrogen-bond donors (Lipinski definition) is 2. The summed E-state index contributed by atoms with van der Waals surface area (Å²) in [6.45, 7) is 5.24. The summed E-state index contributed by atoms with van der Waals surface area (Å²) in [6, 6.07) is 1.70. The number of nitrogens with one attached hydrogen (secondary N) is 1. The van der Waals surface area contributed by atoms with E-state index in [1.165, 1.54) is 0 Å². The third-order valence-electron chi connectivity index (χ3n) is 1.88. The van der Waals surface area contributed by atoms with Crippen LogP contribution in [0.3, 0.4) is 0 Å². The molecule has 14 heavy (non-hydrogen) atoms. The Morgan fingerprint density at radius 1 is 1.57 bits per heavy atom. The molecule has 1 rings (SSSR count). The highest BCUT2D eigenvalue weighted by Crippen LogP contribution is 2.20. The lowest BCUT2D eigenvalue weighted by Gasteiger charge is -2.08. The van der Waals surface area contributed by atoms with Crippen LogP contribution in [0.4, 0.5) is 11.5 Å². The molecule has 0 aliphatic rings. The fraction of sp³-hybridized carbons (Fsp3) is 0.500. The lowest BCUT2D eigenvalue weighted by molar-refractivity contribution is 0.606. The van der Waals surface area contributed by atoms with Crippen molar-refractivity contribution in [3.63, 3.8) is 0 Å². The normalized spacial score (nSPS) is 10.6. The zero-order chi connectivity index (χ0) is 10.6. The van der Waals surface area contributed by atoms with Gasteiger partial charge in [0.15, 0.2) is 0 Å². The van der Waals surface area contributed by atoms with Crippen molar-refractivity contribution in [2.75, 3.05) is 17.6 Å². The van der Waals surface area contributed by atoms with Gasteiger partial charge in [-0.3, -0.25) is 0 Å². The minimum Gasteiger partial charge on any atom is -0.397 e. The van der Waals surface area contributed by atoms with Crippen LogP contribution in [0.5, 0.6) is 0 Å². The van der Waals surface area contributed by atoms with Crippen molar-refractivity contribution in [2.45, 2.75) is 20.3 Å². The van der Waals surface area contributed by atoms with Crippen molar-refractivity contribution in [2.24, 2.45) is 5.92 Å². The van der Waals surface area contributed by atoms with Crippen LogP contribution in [-0.2, 0) is 0 Å². The summed E-state index contributed by atoms with van der Waals surface area (Å²) in [7, 11) is 0. The fourth-order valence-electron chi connectivity index (χ4n) is 1.06. The van der Waals surface area contributed by atoms with Crippen LogP contribution < -0.4 is 11.1 Å². The average Bonchev–Trinajstić information content (AvgIpc) is 2.08. The predicted octanol–water partition coefficient (Wildman–Crippen LogP) is 2.78. The number of nitrogen functional groups attached to an aromatic ring is 1. The molecule has 0 saturated carbocycles. The van der Waals surface area contributed by atoms with E-state index in [1.54, 1.807) is 12.3 Å². The summed E-state index contributed by atoms with van der Waals surface area (Å²) in [4.78, 5) is 4.11. The lowest BCUT2D eigenvalue weighted by Crippen LogP contribution is -2.06. The number of rotatable bonds is 4. The molecule has 0 saturated heterocycles. The first-order valence-corrected chi connectivity index (χ1v) is 5.12. The molecule has 0 unspecified atom stereocenters. The molecule has 3 N–H and O–H groups in total. The molecule has 0 radical (unpaired) electrons. The van der Waals surface area contributed by atoms with E-state index < -0.39 is 0 Å². The van der Waals surface area contributed by atoms with Gasteiger partial charge in [-0.25, -0.2) is 4.98 Å². The highest BCUT2D eigenvalue weighted by molar-refractivity contribution is 6.33. The number of aromatic nitrogens is 1. The Hall–Kier alpha value is -0.960. The zero-order valence-corrected chi connectivity index (χ0v) is 9.30. The Kier molecular flexibility index (Phi) is 4.01. The van der Waals surface area contributed by atoms with E-state index >= 15 is 0 Å². The van der Waals surface area contributed by atoms with Gasteiger partial charge in [0.25, 0.3) is 0 Å². The summed E-state index contributed by atoms with van der Waals surface area (Å²) in [6.07, 6.45) is 2.70. The zero-order valence-electron chi connectivity index (χ0n) is 8.55. The van der Waals surface area contributed by atoms with Crippen LogP contribution in [0.15, 0.2) is 12.3 Å². The maximum atomic E-state index is 5.94. The lowest BCUT2D eigenvalue weighted by atomic mass is 10.1. The third-order valence-corrected chi connectivity index (χ3v) is 2.16. The number of halogens is 1. The Labute approximate surface area is 89.7 Å². The Bertz CT molecular complexity index is 299. The van der Waals surface area contributed by atoms with Gasteiger partial charge in [0.1, 0.15) is 5.82 Å². The Morgan fingerprint density at radius 2 is 2.29 bits per heavy atom. The van der Waals surface area contributed by atoms with Crippen molar-refractivity contribution in [1.82, 2.24) is 4.98 Å². The highest BCUT2D eigenvalue weighted by atomic mass is 35.5. The second-order valence-corrected chi connectivity index (χ2v) is 4.12. The first-order chi connectivity index (χ1) is 6.59. The van der Waals surface area contributed by atoms with Crippen LogP contribution in [0, 0.1) is 5.92 Å². The molecule has 0 fully saturated rings. The van der Waals surface area contributed by atoms with Gasteiger partial charge in [0.2, 0.25) is 0 Å². The molecule has 1 aromatic heterocycles. The molecule has 0 spiro atoms. The topological polar surface area (TPSA) is 50.9 Å². The van der Waals surface area contributed by atoms with Crippen LogP contribution in [0.2, 0.25) is 5.02 Å². The van der Waals surface area contributed by atoms with Gasteiger partial charge in [-0.05, 0) is 18.4 Å². The van der Waals surface area contributed by atoms with E-state index in [0.29, 0.717) is 22.4 Å². The van der Waals surface area contributed by atoms with E-state index in [-0.39, 0.29) is 0 Å². The van der Waals surface area contributed by atoms with E-state index in [1.807, 2.05) is 0 Å². The van der Waals surface area contributed by atoms with Crippen LogP contribution in [0.25, 0.3) is 0 Å². The molecule has 4 heteroatoms. The monoisotopic (exact) mass is 213 g/mol. The summed E-state index contributed by atoms with van der Waals surface area (Å²) in [5, 5.41) is 3.75. The van der Waals surface area contributed by atoms with E-state index in [2.05, 4.69) is 24.1 Å². The summed E-state index contributed by atoms with van der Waals surface area (Å²) in [5.41, 5.74) is 6.12. The Morgan fingerprint density at radius 3 is 2.86 bits per heavy atom. The van der Waals surface area contributed by atoms with Crippen molar-refractivity contribution < 1.29 is 0 Å². The van der Waals surface area contributed by atoms with Crippen molar-refractivity contribution in [1.29, 1.82) is 0 Å². The van der Waals surface area contributed by atoms with Crippen LogP contribution in [-0.4, -0.2) is 11.5 Å². The maximum Gasteiger partial charge on any atom is 0.144 e. The van der Waals surface area contributed by atoms with Gasteiger partial charge < -0.3 is 11.1 Å². The highest BCUT2D eigenvalue weighted by Gasteiger charge is 2.01. The molecule has 78 valence electrons. The maximum absolute atomic E-state index is 5.94. The SMILES string of the molecule is CC(C)CCNc1ncc(N)cc1Cl. The van der Waals surface area contributed by atoms with Gasteiger partial charge >= 0.3 is 0 Å². The van der Waals surface area contributed by atoms with E-state index in [4.69, 9.17) is 17.3 Å². The van der Waals surface area contributed by atoms with E-state index in [9.17, 15) is 0 Å². The molecular weight excluding hydrogens is 198 g/mol. The van der Waals surface area contributed by atoms with E-state index in [0.717, 1.165) is 13.0 Å². The summed E-state index contributed by atoms with van der Waals surface area (Å²) >= 11 is 5.94. The fourth-order valence-corrected chi connectivity index (χ4v) is 1.30. The summed E-state index contributed by atoms with van der Waals surface area (Å²) < 4.78 is 0. The van der Waals surface area contributed by atoms with Crippen LogP contribution in [0.1, 0.15) is 20.3 Å². The first-order valence-electron chi connectivity index (χ1n) is 4.74. The molecule has 0 amide bonds. The van der Waals surface area contributed by atoms with Crippen molar-refractivity contribution in [3.05, 3.63) is 17.3 Å². The Balaban J connectivity index is 2.51. The number of nitrogens with zero attached hydrogens (tertiary/aromatic N) is 1. The number of hydrogen-bond acceptors (Lipinski definition) is 3. The van der Waals surface area contributed by atoms with Crippen molar-refractivity contribution >= 4 is 23.1 Å². The van der Waals surface area contributed by atoms with Gasteiger partial charge in [-0.2, -0.15) is 0 Å². The minimum atomic E-state index is 0.578.